The first-order chi connectivity index (χ1) is 21.6. The van der Waals surface area contributed by atoms with Gasteiger partial charge in [-0.25, -0.2) is 9.59 Å². The van der Waals surface area contributed by atoms with E-state index < -0.39 is 11.9 Å². The number of carbonyl (C=O) groups excluding carboxylic acids is 2. The van der Waals surface area contributed by atoms with E-state index in [1.807, 2.05) is 24.3 Å². The van der Waals surface area contributed by atoms with E-state index in [4.69, 9.17) is 4.74 Å². The minimum atomic E-state index is -0.583. The first-order valence-electron chi connectivity index (χ1n) is 14.8. The van der Waals surface area contributed by atoms with Crippen LogP contribution in [0.1, 0.15) is 37.4 Å². The molecule has 0 saturated heterocycles. The molecule has 1 aliphatic rings. The minimum Gasteiger partial charge on any atom is -0.386 e. The van der Waals surface area contributed by atoms with E-state index in [1.165, 1.54) is 59.8 Å². The van der Waals surface area contributed by atoms with Crippen LogP contribution in [0.25, 0.3) is 87.6 Å². The predicted octanol–water partition coefficient (Wildman–Crippen LogP) is 10.4. The standard InChI is InChI=1S/C41H22O3/c1-21-5-7-22(8-6-21)9-10-23-11-12-26-28-14-16-30-32-18-20-34-39-33(40(42)44-41(34)43)19-17-31(38(32)39)29-15-13-27(36(28)37(29)30)25-4-2-3-24(23)35(25)26/h2-20H,1H3. The molecule has 0 bridgehead atoms. The fourth-order valence-electron chi connectivity index (χ4n) is 7.76. The summed E-state index contributed by atoms with van der Waals surface area (Å²) in [5, 5.41) is 15.9. The highest BCUT2D eigenvalue weighted by Crippen LogP contribution is 2.48. The fraction of sp³-hybridized carbons (Fsp3) is 0.0244. The van der Waals surface area contributed by atoms with Crippen molar-refractivity contribution in [3.8, 4) is 0 Å². The zero-order chi connectivity index (χ0) is 29.3. The quantitative estimate of drug-likeness (QED) is 0.0692. The molecule has 9 aromatic carbocycles. The normalized spacial score (nSPS) is 13.8. The third-order valence-electron chi connectivity index (χ3n) is 9.71. The maximum atomic E-state index is 12.7. The molecule has 1 heterocycles. The lowest BCUT2D eigenvalue weighted by molar-refractivity contribution is 0.0391. The molecule has 0 amide bonds. The molecule has 3 heteroatoms. The number of cyclic esters (lactones) is 2. The molecule has 1 aliphatic heterocycles. The molecule has 0 atom stereocenters. The van der Waals surface area contributed by atoms with Crippen molar-refractivity contribution in [3.05, 3.63) is 131 Å². The highest BCUT2D eigenvalue weighted by Gasteiger charge is 2.30. The average Bonchev–Trinajstić information content (AvgIpc) is 3.05. The Morgan fingerprint density at radius 2 is 0.886 bits per heavy atom. The van der Waals surface area contributed by atoms with E-state index in [1.54, 1.807) is 0 Å². The SMILES string of the molecule is Cc1ccc(C=Cc2ccc3c4ccc5c6ccc7c8c(ccc(c9ccc(c%10cccc2c%103)c4c95)c86)C(=O)OC7=O)cc1. The number of benzene rings is 9. The van der Waals surface area contributed by atoms with Crippen LogP contribution in [0.2, 0.25) is 0 Å². The van der Waals surface area contributed by atoms with Crippen LogP contribution in [0.15, 0.2) is 103 Å². The van der Waals surface area contributed by atoms with Crippen LogP contribution in [0, 0.1) is 6.92 Å². The highest BCUT2D eigenvalue weighted by atomic mass is 16.6. The molecule has 0 aromatic heterocycles. The maximum Gasteiger partial charge on any atom is 0.346 e. The molecule has 3 nitrogen and oxygen atoms in total. The fourth-order valence-corrected chi connectivity index (χ4v) is 7.76. The molecule has 204 valence electrons. The van der Waals surface area contributed by atoms with Crippen LogP contribution in [-0.2, 0) is 4.74 Å². The summed E-state index contributed by atoms with van der Waals surface area (Å²) in [7, 11) is 0. The Kier molecular flexibility index (Phi) is 4.41. The first-order valence-corrected chi connectivity index (χ1v) is 14.8. The molecule has 0 fully saturated rings. The Bertz CT molecular complexity index is 2650. The first kappa shape index (κ1) is 23.7. The van der Waals surface area contributed by atoms with E-state index in [0.29, 0.717) is 16.5 Å². The number of hydrogen-bond acceptors (Lipinski definition) is 3. The molecule has 0 aliphatic carbocycles. The number of hydrogen-bond donors (Lipinski definition) is 0. The van der Waals surface area contributed by atoms with Crippen LogP contribution in [0.4, 0.5) is 0 Å². The molecule has 0 radical (unpaired) electrons. The van der Waals surface area contributed by atoms with Crippen molar-refractivity contribution >= 4 is 99.5 Å². The third-order valence-corrected chi connectivity index (χ3v) is 9.71. The van der Waals surface area contributed by atoms with Crippen molar-refractivity contribution in [2.24, 2.45) is 0 Å². The van der Waals surface area contributed by atoms with Gasteiger partial charge in [-0.05, 0) is 100 Å². The van der Waals surface area contributed by atoms with E-state index >= 15 is 0 Å². The van der Waals surface area contributed by atoms with Gasteiger partial charge in [-0.3, -0.25) is 0 Å². The van der Waals surface area contributed by atoms with Crippen LogP contribution in [0.3, 0.4) is 0 Å². The monoisotopic (exact) mass is 562 g/mol. The van der Waals surface area contributed by atoms with Gasteiger partial charge in [-0.15, -0.1) is 0 Å². The Hall–Kier alpha value is -5.80. The van der Waals surface area contributed by atoms with Gasteiger partial charge in [-0.1, -0.05) is 109 Å². The average molecular weight is 563 g/mol. The lowest BCUT2D eigenvalue weighted by atomic mass is 9.82. The molecule has 9 aromatic rings. The number of carbonyl (C=O) groups is 2. The van der Waals surface area contributed by atoms with Gasteiger partial charge in [0.05, 0.1) is 11.1 Å². The van der Waals surface area contributed by atoms with Crippen LogP contribution in [-0.4, -0.2) is 11.9 Å². The summed E-state index contributed by atoms with van der Waals surface area (Å²) in [5.41, 5.74) is 4.53. The Labute approximate surface area is 251 Å². The summed E-state index contributed by atoms with van der Waals surface area (Å²) in [5.74, 6) is -1.17. The van der Waals surface area contributed by atoms with E-state index in [-0.39, 0.29) is 0 Å². The second-order valence-corrected chi connectivity index (χ2v) is 12.0. The van der Waals surface area contributed by atoms with Crippen LogP contribution in [0.5, 0.6) is 0 Å². The Morgan fingerprint density at radius 1 is 0.432 bits per heavy atom. The van der Waals surface area contributed by atoms with Crippen molar-refractivity contribution < 1.29 is 14.3 Å². The Balaban J connectivity index is 1.32. The van der Waals surface area contributed by atoms with Crippen molar-refractivity contribution in [2.45, 2.75) is 6.92 Å². The van der Waals surface area contributed by atoms with E-state index in [2.05, 4.69) is 97.9 Å². The molecular formula is C41H22O3. The number of esters is 2. The van der Waals surface area contributed by atoms with Gasteiger partial charge in [0, 0.05) is 5.39 Å². The van der Waals surface area contributed by atoms with Crippen molar-refractivity contribution in [3.63, 3.8) is 0 Å². The molecule has 0 unspecified atom stereocenters. The van der Waals surface area contributed by atoms with E-state index in [0.717, 1.165) is 26.9 Å². The molecule has 10 rings (SSSR count). The van der Waals surface area contributed by atoms with Gasteiger partial charge in [0.2, 0.25) is 0 Å². The van der Waals surface area contributed by atoms with Gasteiger partial charge < -0.3 is 4.74 Å². The van der Waals surface area contributed by atoms with Gasteiger partial charge in [0.1, 0.15) is 0 Å². The highest BCUT2D eigenvalue weighted by molar-refractivity contribution is 6.43. The summed E-state index contributed by atoms with van der Waals surface area (Å²) in [4.78, 5) is 25.4. The second kappa shape index (κ2) is 8.18. The van der Waals surface area contributed by atoms with Crippen LogP contribution >= 0.6 is 0 Å². The number of aryl methyl sites for hydroxylation is 1. The molecule has 0 saturated carbocycles. The number of rotatable bonds is 2. The molecular weight excluding hydrogens is 540 g/mol. The summed E-state index contributed by atoms with van der Waals surface area (Å²) >= 11 is 0. The summed E-state index contributed by atoms with van der Waals surface area (Å²) in [6.45, 7) is 2.11. The second-order valence-electron chi connectivity index (χ2n) is 12.0. The predicted molar refractivity (Wildman–Crippen MR) is 181 cm³/mol. The van der Waals surface area contributed by atoms with Crippen LogP contribution < -0.4 is 0 Å². The summed E-state index contributed by atoms with van der Waals surface area (Å²) in [6, 6.07) is 36.3. The number of ether oxygens (including phenoxy) is 1. The molecule has 0 N–H and O–H groups in total. The lowest BCUT2D eigenvalue weighted by Crippen LogP contribution is -2.19. The third kappa shape index (κ3) is 2.91. The smallest absolute Gasteiger partial charge is 0.346 e. The number of fused-ring (bicyclic) bond motifs is 4. The largest absolute Gasteiger partial charge is 0.386 e. The van der Waals surface area contributed by atoms with Crippen molar-refractivity contribution in [1.29, 1.82) is 0 Å². The van der Waals surface area contributed by atoms with E-state index in [9.17, 15) is 9.59 Å². The topological polar surface area (TPSA) is 43.4 Å². The zero-order valence-electron chi connectivity index (χ0n) is 23.7. The summed E-state index contributed by atoms with van der Waals surface area (Å²) in [6.07, 6.45) is 4.41. The minimum absolute atomic E-state index is 0.446. The Morgan fingerprint density at radius 3 is 1.48 bits per heavy atom. The zero-order valence-corrected chi connectivity index (χ0v) is 23.7. The maximum absolute atomic E-state index is 12.7. The summed E-state index contributed by atoms with van der Waals surface area (Å²) < 4.78 is 5.04. The van der Waals surface area contributed by atoms with Gasteiger partial charge >= 0.3 is 11.9 Å². The van der Waals surface area contributed by atoms with Crippen molar-refractivity contribution in [2.75, 3.05) is 0 Å². The van der Waals surface area contributed by atoms with Gasteiger partial charge in [-0.2, -0.15) is 0 Å². The van der Waals surface area contributed by atoms with Gasteiger partial charge in [0.25, 0.3) is 0 Å². The lowest BCUT2D eigenvalue weighted by Gasteiger charge is -2.22. The molecule has 0 spiro atoms. The van der Waals surface area contributed by atoms with Crippen molar-refractivity contribution in [1.82, 2.24) is 0 Å². The van der Waals surface area contributed by atoms with Gasteiger partial charge in [0.15, 0.2) is 0 Å². The molecule has 44 heavy (non-hydrogen) atoms.